The molecule has 8 nitrogen and oxygen atoms in total. The van der Waals surface area contributed by atoms with E-state index >= 15 is 0 Å². The summed E-state index contributed by atoms with van der Waals surface area (Å²) < 4.78 is 16.3. The summed E-state index contributed by atoms with van der Waals surface area (Å²) in [7, 11) is 4.73. The molecule has 0 saturated heterocycles. The van der Waals surface area contributed by atoms with Gasteiger partial charge >= 0.3 is 5.97 Å². The van der Waals surface area contributed by atoms with Gasteiger partial charge in [0.25, 0.3) is 0 Å². The third-order valence-corrected chi connectivity index (χ3v) is 5.16. The fraction of sp³-hybridized carbons (Fsp3) is 0.348. The Morgan fingerprint density at radius 2 is 1.77 bits per heavy atom. The van der Waals surface area contributed by atoms with Crippen LogP contribution in [0.15, 0.2) is 47.6 Å². The summed E-state index contributed by atoms with van der Waals surface area (Å²) in [6.45, 7) is 0. The molecule has 1 N–H and O–H groups in total. The number of amides is 1. The number of rotatable bonds is 9. The highest BCUT2D eigenvalue weighted by atomic mass is 16.5. The smallest absolute Gasteiger partial charge is 0.303 e. The number of ether oxygens (including phenoxy) is 3. The van der Waals surface area contributed by atoms with Crippen LogP contribution in [0.5, 0.6) is 17.2 Å². The van der Waals surface area contributed by atoms with Crippen LogP contribution < -0.4 is 14.2 Å². The standard InChI is InChI=1S/C23H26N2O6/c1-29-15-11-12-17(21(13-15)31-3)19-14-18(16-7-4-5-8-20(16)30-2)24-25(19)22(26)9-6-10-23(27)28/h4-5,7-8,11-13,19H,6,9-10,14H2,1-3H3,(H,27,28)/t19-/m0/s1. The highest BCUT2D eigenvalue weighted by Crippen LogP contribution is 2.40. The second-order valence-corrected chi connectivity index (χ2v) is 7.06. The van der Waals surface area contributed by atoms with E-state index in [4.69, 9.17) is 19.3 Å². The van der Waals surface area contributed by atoms with Crippen molar-refractivity contribution in [2.24, 2.45) is 5.10 Å². The number of para-hydroxylation sites is 1. The van der Waals surface area contributed by atoms with Crippen molar-refractivity contribution >= 4 is 17.6 Å². The van der Waals surface area contributed by atoms with Gasteiger partial charge in [-0.3, -0.25) is 9.59 Å². The molecule has 1 aliphatic heterocycles. The average molecular weight is 426 g/mol. The van der Waals surface area contributed by atoms with Gasteiger partial charge in [-0.1, -0.05) is 12.1 Å². The number of carboxylic acid groups (broad SMARTS) is 1. The molecule has 0 spiro atoms. The predicted octanol–water partition coefficient (Wildman–Crippen LogP) is 3.65. The van der Waals surface area contributed by atoms with Crippen LogP contribution >= 0.6 is 0 Å². The largest absolute Gasteiger partial charge is 0.497 e. The highest BCUT2D eigenvalue weighted by molar-refractivity contribution is 6.05. The molecule has 1 atom stereocenters. The lowest BCUT2D eigenvalue weighted by Gasteiger charge is -2.24. The van der Waals surface area contributed by atoms with Gasteiger partial charge in [-0.05, 0) is 30.7 Å². The molecule has 0 radical (unpaired) electrons. The first-order valence-electron chi connectivity index (χ1n) is 9.95. The number of hydrogen-bond donors (Lipinski definition) is 1. The van der Waals surface area contributed by atoms with E-state index < -0.39 is 12.0 Å². The predicted molar refractivity (Wildman–Crippen MR) is 115 cm³/mol. The van der Waals surface area contributed by atoms with E-state index in [1.54, 1.807) is 27.4 Å². The third kappa shape index (κ3) is 4.96. The number of aliphatic carboxylic acids is 1. The van der Waals surface area contributed by atoms with E-state index in [0.29, 0.717) is 29.4 Å². The molecule has 1 amide bonds. The van der Waals surface area contributed by atoms with Crippen LogP contribution in [0.25, 0.3) is 0 Å². The maximum atomic E-state index is 13.0. The Morgan fingerprint density at radius 3 is 2.45 bits per heavy atom. The van der Waals surface area contributed by atoms with Gasteiger partial charge < -0.3 is 19.3 Å². The van der Waals surface area contributed by atoms with Gasteiger partial charge in [0.1, 0.15) is 17.2 Å². The summed E-state index contributed by atoms with van der Waals surface area (Å²) in [6, 6.07) is 12.6. The Kier molecular flexibility index (Phi) is 7.12. The summed E-state index contributed by atoms with van der Waals surface area (Å²) in [4.78, 5) is 23.8. The van der Waals surface area contributed by atoms with Gasteiger partial charge in [-0.2, -0.15) is 5.10 Å². The van der Waals surface area contributed by atoms with E-state index in [2.05, 4.69) is 5.10 Å². The Bertz CT molecular complexity index is 988. The van der Waals surface area contributed by atoms with Gasteiger partial charge in [0.05, 0.1) is 33.1 Å². The van der Waals surface area contributed by atoms with Crippen molar-refractivity contribution in [2.75, 3.05) is 21.3 Å². The number of carboxylic acids is 1. The normalized spacial score (nSPS) is 15.4. The fourth-order valence-corrected chi connectivity index (χ4v) is 3.63. The van der Waals surface area contributed by atoms with Crippen molar-refractivity contribution in [3.63, 3.8) is 0 Å². The average Bonchev–Trinajstić information content (AvgIpc) is 3.23. The molecule has 1 heterocycles. The number of methoxy groups -OCH3 is 3. The van der Waals surface area contributed by atoms with E-state index in [-0.39, 0.29) is 25.2 Å². The van der Waals surface area contributed by atoms with E-state index in [1.165, 1.54) is 5.01 Å². The Hall–Kier alpha value is -3.55. The van der Waals surface area contributed by atoms with Crippen LogP contribution in [0.3, 0.4) is 0 Å². The van der Waals surface area contributed by atoms with Gasteiger partial charge in [0.15, 0.2) is 0 Å². The van der Waals surface area contributed by atoms with E-state index in [1.807, 2.05) is 36.4 Å². The molecule has 3 rings (SSSR count). The summed E-state index contributed by atoms with van der Waals surface area (Å²) in [5.41, 5.74) is 2.32. The van der Waals surface area contributed by atoms with Crippen molar-refractivity contribution in [1.82, 2.24) is 5.01 Å². The van der Waals surface area contributed by atoms with Gasteiger partial charge in [0.2, 0.25) is 5.91 Å². The monoisotopic (exact) mass is 426 g/mol. The Labute approximate surface area is 181 Å². The van der Waals surface area contributed by atoms with Gasteiger partial charge in [0, 0.05) is 36.5 Å². The third-order valence-electron chi connectivity index (χ3n) is 5.16. The van der Waals surface area contributed by atoms with Crippen LogP contribution in [-0.2, 0) is 9.59 Å². The lowest BCUT2D eigenvalue weighted by atomic mass is 9.97. The molecule has 0 unspecified atom stereocenters. The molecule has 0 saturated carbocycles. The number of hydrazone groups is 1. The molecule has 0 aromatic heterocycles. The molecule has 2 aromatic rings. The SMILES string of the molecule is COc1ccc([C@@H]2CC(c3ccccc3OC)=NN2C(=O)CCCC(=O)O)c(OC)c1. The zero-order valence-electron chi connectivity index (χ0n) is 17.8. The quantitative estimate of drug-likeness (QED) is 0.657. The number of hydrogen-bond acceptors (Lipinski definition) is 6. The molecular formula is C23H26N2O6. The summed E-state index contributed by atoms with van der Waals surface area (Å²) in [6.07, 6.45) is 0.730. The fourth-order valence-electron chi connectivity index (χ4n) is 3.63. The lowest BCUT2D eigenvalue weighted by molar-refractivity contribution is -0.137. The molecule has 0 fully saturated rings. The van der Waals surface area contributed by atoms with Crippen LogP contribution in [0.2, 0.25) is 0 Å². The van der Waals surface area contributed by atoms with Gasteiger partial charge in [-0.25, -0.2) is 5.01 Å². The summed E-state index contributed by atoms with van der Waals surface area (Å²) in [5, 5.41) is 15.0. The molecule has 1 aliphatic rings. The van der Waals surface area contributed by atoms with Crippen molar-refractivity contribution < 1.29 is 28.9 Å². The van der Waals surface area contributed by atoms with Crippen molar-refractivity contribution in [3.8, 4) is 17.2 Å². The van der Waals surface area contributed by atoms with E-state index in [9.17, 15) is 9.59 Å². The molecule has 2 aromatic carbocycles. The molecule has 31 heavy (non-hydrogen) atoms. The number of benzene rings is 2. The zero-order valence-corrected chi connectivity index (χ0v) is 17.8. The lowest BCUT2D eigenvalue weighted by Crippen LogP contribution is -2.27. The Morgan fingerprint density at radius 1 is 1.03 bits per heavy atom. The van der Waals surface area contributed by atoms with Gasteiger partial charge in [-0.15, -0.1) is 0 Å². The van der Waals surface area contributed by atoms with Crippen LogP contribution in [0, 0.1) is 0 Å². The maximum Gasteiger partial charge on any atom is 0.303 e. The zero-order chi connectivity index (χ0) is 22.4. The van der Waals surface area contributed by atoms with Crippen LogP contribution in [0.4, 0.5) is 0 Å². The van der Waals surface area contributed by atoms with Crippen LogP contribution in [-0.4, -0.2) is 49.0 Å². The molecule has 0 bridgehead atoms. The van der Waals surface area contributed by atoms with Crippen molar-refractivity contribution in [2.45, 2.75) is 31.7 Å². The first kappa shape index (κ1) is 22.1. The first-order valence-corrected chi connectivity index (χ1v) is 9.95. The summed E-state index contributed by atoms with van der Waals surface area (Å²) >= 11 is 0. The minimum Gasteiger partial charge on any atom is -0.497 e. The minimum atomic E-state index is -0.930. The second-order valence-electron chi connectivity index (χ2n) is 7.06. The van der Waals surface area contributed by atoms with Crippen LogP contribution in [0.1, 0.15) is 42.9 Å². The topological polar surface area (TPSA) is 97.7 Å². The Balaban J connectivity index is 1.97. The molecule has 164 valence electrons. The molecule has 8 heteroatoms. The molecular weight excluding hydrogens is 400 g/mol. The first-order chi connectivity index (χ1) is 15.0. The maximum absolute atomic E-state index is 13.0. The minimum absolute atomic E-state index is 0.0703. The van der Waals surface area contributed by atoms with Crippen molar-refractivity contribution in [1.29, 1.82) is 0 Å². The highest BCUT2D eigenvalue weighted by Gasteiger charge is 2.35. The molecule has 0 aliphatic carbocycles. The summed E-state index contributed by atoms with van der Waals surface area (Å²) in [5.74, 6) is 0.727. The van der Waals surface area contributed by atoms with Crippen molar-refractivity contribution in [3.05, 3.63) is 53.6 Å². The number of carbonyl (C=O) groups is 2. The number of carbonyl (C=O) groups excluding carboxylic acids is 1. The van der Waals surface area contributed by atoms with E-state index in [0.717, 1.165) is 11.1 Å². The number of nitrogens with zero attached hydrogens (tertiary/aromatic N) is 2. The second kappa shape index (κ2) is 9.97.